The lowest BCUT2D eigenvalue weighted by Gasteiger charge is -2.13. The molecule has 1 aliphatic rings. The summed E-state index contributed by atoms with van der Waals surface area (Å²) in [5, 5.41) is 0. The molecular formula is C8H17NO. The Morgan fingerprint density at radius 3 is 2.90 bits per heavy atom. The Hall–Kier alpha value is -0.0800. The van der Waals surface area contributed by atoms with Crippen molar-refractivity contribution in [1.82, 2.24) is 4.90 Å². The fraction of sp³-hybridized carbons (Fsp3) is 1.00. The van der Waals surface area contributed by atoms with Crippen molar-refractivity contribution >= 4 is 0 Å². The average molecular weight is 143 g/mol. The second-order valence-corrected chi connectivity index (χ2v) is 2.95. The van der Waals surface area contributed by atoms with Gasteiger partial charge in [0.15, 0.2) is 0 Å². The molecule has 0 aromatic heterocycles. The topological polar surface area (TPSA) is 12.5 Å². The molecule has 1 unspecified atom stereocenters. The maximum atomic E-state index is 5.25. The van der Waals surface area contributed by atoms with Gasteiger partial charge in [0.1, 0.15) is 0 Å². The van der Waals surface area contributed by atoms with Gasteiger partial charge >= 0.3 is 0 Å². The Bertz CT molecular complexity index is 95.3. The van der Waals surface area contributed by atoms with E-state index in [1.165, 1.54) is 25.9 Å². The summed E-state index contributed by atoms with van der Waals surface area (Å²) < 4.78 is 5.25. The Balaban J connectivity index is 2.15. The summed E-state index contributed by atoms with van der Waals surface area (Å²) >= 11 is 0. The highest BCUT2D eigenvalue weighted by Crippen LogP contribution is 2.11. The highest BCUT2D eigenvalue weighted by atomic mass is 16.5. The Kier molecular flexibility index (Phi) is 3.16. The molecule has 0 spiro atoms. The zero-order chi connectivity index (χ0) is 7.40. The minimum Gasteiger partial charge on any atom is -0.380 e. The number of methoxy groups -OCH3 is 1. The molecule has 0 amide bonds. The maximum absolute atomic E-state index is 5.25. The van der Waals surface area contributed by atoms with E-state index in [1.807, 2.05) is 0 Å². The number of nitrogens with zero attached hydrogens (tertiary/aromatic N) is 1. The van der Waals surface area contributed by atoms with Crippen molar-refractivity contribution in [3.8, 4) is 0 Å². The van der Waals surface area contributed by atoms with Crippen molar-refractivity contribution in [2.45, 2.75) is 25.9 Å². The summed E-state index contributed by atoms with van der Waals surface area (Å²) in [6.45, 7) is 5.83. The predicted octanol–water partition coefficient (Wildman–Crippen LogP) is 1.12. The van der Waals surface area contributed by atoms with E-state index < -0.39 is 0 Å². The van der Waals surface area contributed by atoms with Crippen molar-refractivity contribution in [1.29, 1.82) is 0 Å². The number of likely N-dealkylation sites (tertiary alicyclic amines) is 1. The largest absolute Gasteiger partial charge is 0.380 e. The molecule has 0 aliphatic carbocycles. The van der Waals surface area contributed by atoms with Crippen LogP contribution in [0.1, 0.15) is 19.8 Å². The van der Waals surface area contributed by atoms with Gasteiger partial charge in [0, 0.05) is 20.2 Å². The van der Waals surface area contributed by atoms with Crippen molar-refractivity contribution in [2.75, 3.05) is 26.7 Å². The van der Waals surface area contributed by atoms with E-state index in [1.54, 1.807) is 7.11 Å². The molecule has 1 aliphatic heterocycles. The highest BCUT2D eigenvalue weighted by molar-refractivity contribution is 4.74. The molecule has 1 saturated heterocycles. The first-order valence-electron chi connectivity index (χ1n) is 4.12. The summed E-state index contributed by atoms with van der Waals surface area (Å²) in [4.78, 5) is 2.47. The van der Waals surface area contributed by atoms with Gasteiger partial charge in [-0.1, -0.05) is 6.92 Å². The van der Waals surface area contributed by atoms with Gasteiger partial charge in [-0.3, -0.25) is 0 Å². The van der Waals surface area contributed by atoms with Crippen LogP contribution in [0.5, 0.6) is 0 Å². The normalized spacial score (nSPS) is 27.6. The summed E-state index contributed by atoms with van der Waals surface area (Å²) in [6.07, 6.45) is 2.99. The average Bonchev–Trinajstić information content (AvgIpc) is 2.37. The number of hydrogen-bond acceptors (Lipinski definition) is 2. The van der Waals surface area contributed by atoms with Crippen molar-refractivity contribution in [2.24, 2.45) is 0 Å². The molecule has 10 heavy (non-hydrogen) atoms. The molecule has 0 radical (unpaired) electrons. The maximum Gasteiger partial charge on any atom is 0.0710 e. The summed E-state index contributed by atoms with van der Waals surface area (Å²) in [5.74, 6) is 0. The Labute approximate surface area is 63.2 Å². The lowest BCUT2D eigenvalue weighted by molar-refractivity contribution is 0.108. The van der Waals surface area contributed by atoms with Crippen LogP contribution in [-0.2, 0) is 4.74 Å². The molecule has 0 saturated carbocycles. The molecule has 1 heterocycles. The van der Waals surface area contributed by atoms with E-state index in [4.69, 9.17) is 4.74 Å². The van der Waals surface area contributed by atoms with Gasteiger partial charge in [-0.05, 0) is 19.4 Å². The van der Waals surface area contributed by atoms with Gasteiger partial charge in [-0.25, -0.2) is 0 Å². The van der Waals surface area contributed by atoms with Crippen molar-refractivity contribution in [3.05, 3.63) is 0 Å². The minimum absolute atomic E-state index is 0.506. The van der Waals surface area contributed by atoms with Gasteiger partial charge in [-0.2, -0.15) is 0 Å². The Morgan fingerprint density at radius 1 is 1.60 bits per heavy atom. The second kappa shape index (κ2) is 3.94. The lowest BCUT2D eigenvalue weighted by Crippen LogP contribution is -2.23. The first-order chi connectivity index (χ1) is 4.86. The lowest BCUT2D eigenvalue weighted by atomic mass is 10.3. The first-order valence-corrected chi connectivity index (χ1v) is 4.12. The molecule has 2 heteroatoms. The van der Waals surface area contributed by atoms with Gasteiger partial charge in [0.2, 0.25) is 0 Å². The van der Waals surface area contributed by atoms with Crippen LogP contribution >= 0.6 is 0 Å². The molecule has 0 N–H and O–H groups in total. The second-order valence-electron chi connectivity index (χ2n) is 2.95. The van der Waals surface area contributed by atoms with Crippen LogP contribution in [0.3, 0.4) is 0 Å². The highest BCUT2D eigenvalue weighted by Gasteiger charge is 2.20. The van der Waals surface area contributed by atoms with E-state index >= 15 is 0 Å². The number of hydrogen-bond donors (Lipinski definition) is 0. The van der Waals surface area contributed by atoms with Crippen LogP contribution in [0.4, 0.5) is 0 Å². The minimum atomic E-state index is 0.506. The molecule has 1 rings (SSSR count). The molecule has 1 atom stereocenters. The van der Waals surface area contributed by atoms with Gasteiger partial charge in [-0.15, -0.1) is 0 Å². The molecule has 0 aromatic carbocycles. The predicted molar refractivity (Wildman–Crippen MR) is 42.1 cm³/mol. The van der Waals surface area contributed by atoms with Gasteiger partial charge in [0.05, 0.1) is 6.10 Å². The van der Waals surface area contributed by atoms with Crippen molar-refractivity contribution < 1.29 is 4.74 Å². The molecule has 0 aromatic rings. The fourth-order valence-corrected chi connectivity index (χ4v) is 1.51. The summed E-state index contributed by atoms with van der Waals surface area (Å²) in [5.41, 5.74) is 0. The third kappa shape index (κ3) is 1.96. The van der Waals surface area contributed by atoms with Crippen molar-refractivity contribution in [3.63, 3.8) is 0 Å². The smallest absolute Gasteiger partial charge is 0.0710 e. The van der Waals surface area contributed by atoms with E-state index in [0.717, 1.165) is 6.54 Å². The van der Waals surface area contributed by atoms with E-state index in [9.17, 15) is 0 Å². The van der Waals surface area contributed by atoms with Gasteiger partial charge < -0.3 is 9.64 Å². The van der Waals surface area contributed by atoms with E-state index in [-0.39, 0.29) is 0 Å². The van der Waals surface area contributed by atoms with Crippen LogP contribution < -0.4 is 0 Å². The van der Waals surface area contributed by atoms with Crippen LogP contribution in [0.15, 0.2) is 0 Å². The quantitative estimate of drug-likeness (QED) is 0.587. The summed E-state index contributed by atoms with van der Waals surface area (Å²) in [6, 6.07) is 0. The molecule has 1 fully saturated rings. The van der Waals surface area contributed by atoms with Crippen LogP contribution in [0, 0.1) is 0 Å². The molecular weight excluding hydrogens is 126 g/mol. The van der Waals surface area contributed by atoms with Gasteiger partial charge in [0.25, 0.3) is 0 Å². The van der Waals surface area contributed by atoms with Crippen LogP contribution in [0.25, 0.3) is 0 Å². The Morgan fingerprint density at radius 2 is 2.40 bits per heavy atom. The third-order valence-electron chi connectivity index (χ3n) is 2.10. The van der Waals surface area contributed by atoms with E-state index in [2.05, 4.69) is 11.8 Å². The zero-order valence-corrected chi connectivity index (χ0v) is 6.97. The summed E-state index contributed by atoms with van der Waals surface area (Å²) in [7, 11) is 1.81. The molecule has 2 nitrogen and oxygen atoms in total. The van der Waals surface area contributed by atoms with Crippen LogP contribution in [-0.4, -0.2) is 37.7 Å². The third-order valence-corrected chi connectivity index (χ3v) is 2.10. The van der Waals surface area contributed by atoms with E-state index in [0.29, 0.717) is 6.10 Å². The van der Waals surface area contributed by atoms with Crippen LogP contribution in [0.2, 0.25) is 0 Å². The standard InChI is InChI=1S/C8H17NO/c1-3-5-9-6-4-8(7-9)10-2/h8H,3-7H2,1-2H3. The monoisotopic (exact) mass is 143 g/mol. The number of ether oxygens (including phenoxy) is 1. The number of rotatable bonds is 3. The molecule has 0 bridgehead atoms. The first kappa shape index (κ1) is 8.02. The zero-order valence-electron chi connectivity index (χ0n) is 6.97. The fourth-order valence-electron chi connectivity index (χ4n) is 1.51. The SMILES string of the molecule is CCCN1CCC(OC)C1. The molecule has 60 valence electrons.